The van der Waals surface area contributed by atoms with E-state index in [-0.39, 0.29) is 5.41 Å². The van der Waals surface area contributed by atoms with E-state index in [9.17, 15) is 0 Å². The topological polar surface area (TPSA) is 77.8 Å². The molecule has 0 spiro atoms. The van der Waals surface area contributed by atoms with Crippen molar-refractivity contribution in [1.29, 1.82) is 0 Å². The lowest BCUT2D eigenvalue weighted by molar-refractivity contribution is 0.319. The Morgan fingerprint density at radius 1 is 1.09 bits per heavy atom. The lowest BCUT2D eigenvalue weighted by Gasteiger charge is -2.10. The normalized spacial score (nSPS) is 11.8. The minimum Gasteiger partial charge on any atom is -0.411 e. The fourth-order valence-electron chi connectivity index (χ4n) is 1.71. The number of aromatic nitrogens is 4. The van der Waals surface area contributed by atoms with E-state index in [0.29, 0.717) is 28.6 Å². The van der Waals surface area contributed by atoms with Gasteiger partial charge >= 0.3 is 0 Å². The third-order valence-electron chi connectivity index (χ3n) is 2.86. The summed E-state index contributed by atoms with van der Waals surface area (Å²) in [5, 5.41) is 12.5. The molecule has 1 aromatic carbocycles. The van der Waals surface area contributed by atoms with Gasteiger partial charge < -0.3 is 8.94 Å². The highest BCUT2D eigenvalue weighted by atomic mass is 32.2. The minimum absolute atomic E-state index is 0.152. The maximum absolute atomic E-state index is 5.62. The van der Waals surface area contributed by atoms with Gasteiger partial charge in [0.25, 0.3) is 5.22 Å². The molecule has 3 aromatic rings. The van der Waals surface area contributed by atoms with E-state index in [1.54, 1.807) is 0 Å². The summed E-state index contributed by atoms with van der Waals surface area (Å²) < 4.78 is 10.9. The van der Waals surface area contributed by atoms with E-state index in [1.807, 2.05) is 51.1 Å². The summed E-state index contributed by atoms with van der Waals surface area (Å²) in [5.41, 5.74) is 0.748. The monoisotopic (exact) mass is 316 g/mol. The molecule has 7 heteroatoms. The van der Waals surface area contributed by atoms with Gasteiger partial charge in [0.1, 0.15) is 0 Å². The third-order valence-corrected chi connectivity index (χ3v) is 3.68. The van der Waals surface area contributed by atoms with Gasteiger partial charge in [-0.3, -0.25) is 0 Å². The second-order valence-electron chi connectivity index (χ2n) is 5.79. The van der Waals surface area contributed by atoms with E-state index < -0.39 is 0 Å². The Morgan fingerprint density at radius 3 is 2.55 bits per heavy atom. The first-order valence-electron chi connectivity index (χ1n) is 6.87. The average Bonchev–Trinajstić information content (AvgIpc) is 3.15. The van der Waals surface area contributed by atoms with Crippen LogP contribution < -0.4 is 0 Å². The molecule has 2 heterocycles. The van der Waals surface area contributed by atoms with Crippen molar-refractivity contribution in [3.8, 4) is 11.5 Å². The summed E-state index contributed by atoms with van der Waals surface area (Å²) in [4.78, 5) is 4.37. The number of hydrogen-bond donors (Lipinski definition) is 0. The zero-order valence-corrected chi connectivity index (χ0v) is 13.4. The Kier molecular flexibility index (Phi) is 3.98. The molecule has 0 atom stereocenters. The van der Waals surface area contributed by atoms with Crippen molar-refractivity contribution in [2.24, 2.45) is 0 Å². The number of benzene rings is 1. The van der Waals surface area contributed by atoms with Crippen molar-refractivity contribution in [3.63, 3.8) is 0 Å². The van der Waals surface area contributed by atoms with Crippen LogP contribution in [-0.2, 0) is 11.2 Å². The summed E-state index contributed by atoms with van der Waals surface area (Å²) in [6.07, 6.45) is 0. The maximum atomic E-state index is 5.62. The fourth-order valence-corrected chi connectivity index (χ4v) is 2.32. The zero-order chi connectivity index (χ0) is 15.6. The molecule has 0 aliphatic rings. The van der Waals surface area contributed by atoms with Crippen LogP contribution in [-0.4, -0.2) is 20.3 Å². The highest BCUT2D eigenvalue weighted by Gasteiger charge is 2.22. The molecule has 0 bridgehead atoms. The predicted octanol–water partition coefficient (Wildman–Crippen LogP) is 3.71. The lowest BCUT2D eigenvalue weighted by Crippen LogP contribution is -2.11. The Hall–Kier alpha value is -2.15. The highest BCUT2D eigenvalue weighted by Crippen LogP contribution is 2.26. The molecule has 0 N–H and O–H groups in total. The quantitative estimate of drug-likeness (QED) is 0.679. The summed E-state index contributed by atoms with van der Waals surface area (Å²) in [5.74, 6) is 2.27. The highest BCUT2D eigenvalue weighted by molar-refractivity contribution is 7.98. The Labute approximate surface area is 132 Å². The summed E-state index contributed by atoms with van der Waals surface area (Å²) in [6, 6.07) is 9.66. The first kappa shape index (κ1) is 14.8. The molecular formula is C15H16N4O2S. The van der Waals surface area contributed by atoms with Gasteiger partial charge in [0.15, 0.2) is 5.82 Å². The van der Waals surface area contributed by atoms with Crippen molar-refractivity contribution in [3.05, 3.63) is 42.0 Å². The van der Waals surface area contributed by atoms with Crippen molar-refractivity contribution < 1.29 is 8.94 Å². The predicted molar refractivity (Wildman–Crippen MR) is 82.3 cm³/mol. The minimum atomic E-state index is -0.152. The number of hydrogen-bond acceptors (Lipinski definition) is 7. The second-order valence-corrected chi connectivity index (χ2v) is 6.72. The molecule has 3 rings (SSSR count). The van der Waals surface area contributed by atoms with E-state index in [0.717, 1.165) is 5.56 Å². The molecule has 0 aliphatic heterocycles. The number of rotatable bonds is 4. The molecule has 22 heavy (non-hydrogen) atoms. The first-order chi connectivity index (χ1) is 10.5. The molecule has 0 fully saturated rings. The van der Waals surface area contributed by atoms with Crippen molar-refractivity contribution in [2.45, 2.75) is 37.2 Å². The number of nitrogens with zero attached hydrogens (tertiary/aromatic N) is 4. The molecule has 0 amide bonds. The molecule has 0 unspecified atom stereocenters. The van der Waals surface area contributed by atoms with Crippen LogP contribution in [0.5, 0.6) is 0 Å². The molecule has 0 radical (unpaired) electrons. The Morgan fingerprint density at radius 2 is 1.86 bits per heavy atom. The molecule has 0 saturated carbocycles. The van der Waals surface area contributed by atoms with Crippen LogP contribution in [0.1, 0.15) is 32.5 Å². The molecular weight excluding hydrogens is 300 g/mol. The molecule has 0 aliphatic carbocycles. The molecule has 2 aromatic heterocycles. The molecule has 0 saturated heterocycles. The van der Waals surface area contributed by atoms with Crippen LogP contribution in [0, 0.1) is 0 Å². The van der Waals surface area contributed by atoms with Gasteiger partial charge in [0, 0.05) is 11.0 Å². The van der Waals surface area contributed by atoms with E-state index in [4.69, 9.17) is 8.94 Å². The van der Waals surface area contributed by atoms with Gasteiger partial charge in [0.05, 0.1) is 5.75 Å². The summed E-state index contributed by atoms with van der Waals surface area (Å²) >= 11 is 1.39. The van der Waals surface area contributed by atoms with Crippen molar-refractivity contribution in [2.75, 3.05) is 0 Å². The fraction of sp³-hybridized carbons (Fsp3) is 0.333. The third kappa shape index (κ3) is 3.36. The molecule has 6 nitrogen and oxygen atoms in total. The van der Waals surface area contributed by atoms with Crippen molar-refractivity contribution in [1.82, 2.24) is 20.3 Å². The summed E-state index contributed by atoms with van der Waals surface area (Å²) in [7, 11) is 0. The Balaban J connectivity index is 1.65. The maximum Gasteiger partial charge on any atom is 0.277 e. The largest absolute Gasteiger partial charge is 0.411 e. The van der Waals surface area contributed by atoms with Gasteiger partial charge in [-0.1, -0.05) is 55.9 Å². The van der Waals surface area contributed by atoms with Gasteiger partial charge in [0.2, 0.25) is 11.8 Å². The van der Waals surface area contributed by atoms with Gasteiger partial charge in [-0.05, 0) is 12.1 Å². The zero-order valence-electron chi connectivity index (χ0n) is 12.6. The summed E-state index contributed by atoms with van der Waals surface area (Å²) in [6.45, 7) is 6.09. The SMILES string of the molecule is CC(C)(C)c1nc(CSc2nnc(-c3ccccc3)o2)no1. The van der Waals surface area contributed by atoms with E-state index in [2.05, 4.69) is 20.3 Å². The van der Waals surface area contributed by atoms with Gasteiger partial charge in [-0.15, -0.1) is 10.2 Å². The van der Waals surface area contributed by atoms with Gasteiger partial charge in [-0.2, -0.15) is 4.98 Å². The van der Waals surface area contributed by atoms with Crippen LogP contribution in [0.25, 0.3) is 11.5 Å². The average molecular weight is 316 g/mol. The van der Waals surface area contributed by atoms with Crippen LogP contribution in [0.15, 0.2) is 44.5 Å². The van der Waals surface area contributed by atoms with Crippen LogP contribution in [0.2, 0.25) is 0 Å². The molecule has 114 valence electrons. The van der Waals surface area contributed by atoms with Crippen LogP contribution >= 0.6 is 11.8 Å². The second kappa shape index (κ2) is 5.92. The Bertz CT molecular complexity index is 746. The standard InChI is InChI=1S/C15H16N4O2S/c1-15(2,3)13-16-11(19-21-13)9-22-14-18-17-12(20-14)10-7-5-4-6-8-10/h4-8H,9H2,1-3H3. The van der Waals surface area contributed by atoms with E-state index in [1.165, 1.54) is 11.8 Å². The van der Waals surface area contributed by atoms with Crippen molar-refractivity contribution >= 4 is 11.8 Å². The lowest BCUT2D eigenvalue weighted by atomic mass is 9.97. The van der Waals surface area contributed by atoms with Crippen LogP contribution in [0.4, 0.5) is 0 Å². The number of thioether (sulfide) groups is 1. The van der Waals surface area contributed by atoms with E-state index >= 15 is 0 Å². The van der Waals surface area contributed by atoms with Gasteiger partial charge in [-0.25, -0.2) is 0 Å². The smallest absolute Gasteiger partial charge is 0.277 e. The first-order valence-corrected chi connectivity index (χ1v) is 7.86. The van der Waals surface area contributed by atoms with Crippen LogP contribution in [0.3, 0.4) is 0 Å².